The van der Waals surface area contributed by atoms with Gasteiger partial charge in [-0.15, -0.1) is 0 Å². The monoisotopic (exact) mass is 378 g/mol. The van der Waals surface area contributed by atoms with E-state index in [1.54, 1.807) is 13.8 Å². The Morgan fingerprint density at radius 1 is 0.840 bits per heavy atom. The highest BCUT2D eigenvalue weighted by molar-refractivity contribution is 7.54. The summed E-state index contributed by atoms with van der Waals surface area (Å²) in [6.45, 7) is 12.0. The lowest BCUT2D eigenvalue weighted by Crippen LogP contribution is -2.49. The zero-order chi connectivity index (χ0) is 19.6. The molecule has 0 bridgehead atoms. The molecule has 0 atom stereocenters. The maximum Gasteiger partial charge on any atom is 0.329 e. The van der Waals surface area contributed by atoms with E-state index in [0.29, 0.717) is 0 Å². The van der Waals surface area contributed by atoms with Crippen LogP contribution in [0.4, 0.5) is 0 Å². The first kappa shape index (κ1) is 23.8. The number of esters is 3. The van der Waals surface area contributed by atoms with E-state index >= 15 is 0 Å². The number of ether oxygens (including phenoxy) is 3. The summed E-state index contributed by atoms with van der Waals surface area (Å²) in [6, 6.07) is 0. The van der Waals surface area contributed by atoms with E-state index in [0.717, 1.165) is 0 Å². The smallest absolute Gasteiger partial charge is 0.329 e. The van der Waals surface area contributed by atoms with Crippen LogP contribution in [0.5, 0.6) is 0 Å². The molecule has 0 aromatic heterocycles. The third-order valence-electron chi connectivity index (χ3n) is 3.33. The van der Waals surface area contributed by atoms with Crippen molar-refractivity contribution < 1.29 is 33.1 Å². The van der Waals surface area contributed by atoms with E-state index in [1.165, 1.54) is 6.92 Å². The quantitative estimate of drug-likeness (QED) is 0.236. The van der Waals surface area contributed by atoms with Gasteiger partial charge in [-0.2, -0.15) is 0 Å². The lowest BCUT2D eigenvalue weighted by molar-refractivity contribution is -0.180. The van der Waals surface area contributed by atoms with Gasteiger partial charge in [0.05, 0.1) is 19.8 Å². The van der Waals surface area contributed by atoms with E-state index in [9.17, 15) is 14.4 Å². The Balaban J connectivity index is 5.66. The molecule has 0 aromatic carbocycles. The molecule has 0 N–H and O–H groups in total. The van der Waals surface area contributed by atoms with Gasteiger partial charge in [-0.1, -0.05) is 27.7 Å². The van der Waals surface area contributed by atoms with Crippen LogP contribution < -0.4 is 0 Å². The average Bonchev–Trinajstić information content (AvgIpc) is 2.50. The molecule has 0 aliphatic rings. The highest BCUT2D eigenvalue weighted by atomic mass is 31.1. The molecule has 0 amide bonds. The third-order valence-corrected chi connectivity index (χ3v) is 5.80. The van der Waals surface area contributed by atoms with Crippen LogP contribution in [-0.4, -0.2) is 55.7 Å². The van der Waals surface area contributed by atoms with Gasteiger partial charge in [0.2, 0.25) is 5.41 Å². The van der Waals surface area contributed by atoms with Crippen molar-refractivity contribution >= 4 is 26.1 Å². The second-order valence-electron chi connectivity index (χ2n) is 6.12. The molecule has 25 heavy (non-hydrogen) atoms. The molecule has 0 aliphatic carbocycles. The molecule has 0 saturated heterocycles. The lowest BCUT2D eigenvalue weighted by atomic mass is 9.90. The van der Waals surface area contributed by atoms with Crippen LogP contribution in [0.1, 0.15) is 48.5 Å². The van der Waals surface area contributed by atoms with Crippen LogP contribution in [0.15, 0.2) is 0 Å². The molecule has 0 spiro atoms. The van der Waals surface area contributed by atoms with E-state index in [4.69, 9.17) is 18.7 Å². The van der Waals surface area contributed by atoms with Crippen molar-refractivity contribution in [3.63, 3.8) is 0 Å². The predicted octanol–water partition coefficient (Wildman–Crippen LogP) is 2.89. The van der Waals surface area contributed by atoms with Gasteiger partial charge < -0.3 is 18.7 Å². The molecular formula is C17H31O7P. The average molecular weight is 378 g/mol. The minimum atomic E-state index is -1.82. The minimum absolute atomic E-state index is 0.0865. The fourth-order valence-electron chi connectivity index (χ4n) is 2.20. The molecule has 8 heteroatoms. The van der Waals surface area contributed by atoms with Crippen LogP contribution in [0.3, 0.4) is 0 Å². The molecular weight excluding hydrogens is 347 g/mol. The largest absolute Gasteiger partial charge is 0.465 e. The molecule has 0 heterocycles. The van der Waals surface area contributed by atoms with Gasteiger partial charge in [0.1, 0.15) is 6.61 Å². The predicted molar refractivity (Wildman–Crippen MR) is 95.5 cm³/mol. The Kier molecular flexibility index (Phi) is 10.9. The standard InChI is InChI=1S/C17H31O7P/c1-8-21-15(19)17(10-23-14(7)18,16(20)22-9-2)11-24-25(12(3)4)13(5)6/h12-13H,8-11H2,1-7H3. The van der Waals surface area contributed by atoms with Crippen LogP contribution in [0, 0.1) is 5.41 Å². The van der Waals surface area contributed by atoms with Crippen molar-refractivity contribution in [1.82, 2.24) is 0 Å². The highest BCUT2D eigenvalue weighted by Gasteiger charge is 2.51. The van der Waals surface area contributed by atoms with E-state index < -0.39 is 38.1 Å². The second-order valence-corrected chi connectivity index (χ2v) is 9.17. The van der Waals surface area contributed by atoms with Gasteiger partial charge in [0.25, 0.3) is 0 Å². The van der Waals surface area contributed by atoms with Crippen LogP contribution in [0.2, 0.25) is 0 Å². The second kappa shape index (κ2) is 11.4. The summed E-state index contributed by atoms with van der Waals surface area (Å²) in [6.07, 6.45) is 0. The topological polar surface area (TPSA) is 88.1 Å². The van der Waals surface area contributed by atoms with Crippen molar-refractivity contribution in [3.8, 4) is 0 Å². The van der Waals surface area contributed by atoms with Gasteiger partial charge in [-0.05, 0) is 25.2 Å². The number of rotatable bonds is 11. The van der Waals surface area contributed by atoms with Gasteiger partial charge in [0, 0.05) is 15.1 Å². The number of carbonyl (C=O) groups excluding carboxylic acids is 3. The highest BCUT2D eigenvalue weighted by Crippen LogP contribution is 2.48. The zero-order valence-electron chi connectivity index (χ0n) is 16.3. The number of hydrogen-bond acceptors (Lipinski definition) is 7. The summed E-state index contributed by atoms with van der Waals surface area (Å²) in [7, 11) is -0.893. The Labute approximate surface area is 151 Å². The van der Waals surface area contributed by atoms with E-state index in [1.807, 2.05) is 27.7 Å². The van der Waals surface area contributed by atoms with Crippen molar-refractivity contribution in [2.24, 2.45) is 5.41 Å². The number of hydrogen-bond donors (Lipinski definition) is 0. The van der Waals surface area contributed by atoms with Crippen molar-refractivity contribution in [2.75, 3.05) is 26.4 Å². The Morgan fingerprint density at radius 3 is 1.60 bits per heavy atom. The molecule has 0 fully saturated rings. The summed E-state index contributed by atoms with van der Waals surface area (Å²) in [5.41, 5.74) is -1.33. The van der Waals surface area contributed by atoms with Crippen LogP contribution in [-0.2, 0) is 33.1 Å². The first-order chi connectivity index (χ1) is 11.6. The Bertz CT molecular complexity index is 422. The normalized spacial score (nSPS) is 11.8. The van der Waals surface area contributed by atoms with Crippen LogP contribution >= 0.6 is 8.15 Å². The molecule has 0 rings (SSSR count). The van der Waals surface area contributed by atoms with Gasteiger partial charge in [0.15, 0.2) is 0 Å². The molecule has 0 aromatic rings. The maximum absolute atomic E-state index is 12.6. The molecule has 146 valence electrons. The summed E-state index contributed by atoms with van der Waals surface area (Å²) < 4.78 is 21.1. The Morgan fingerprint density at radius 2 is 1.28 bits per heavy atom. The van der Waals surface area contributed by atoms with E-state index in [-0.39, 0.29) is 31.1 Å². The molecule has 0 aliphatic heterocycles. The summed E-state index contributed by atoms with van der Waals surface area (Å²) in [5.74, 6) is -2.22. The Hall–Kier alpha value is -1.20. The zero-order valence-corrected chi connectivity index (χ0v) is 17.2. The van der Waals surface area contributed by atoms with Crippen molar-refractivity contribution in [3.05, 3.63) is 0 Å². The minimum Gasteiger partial charge on any atom is -0.465 e. The molecule has 7 nitrogen and oxygen atoms in total. The van der Waals surface area contributed by atoms with Gasteiger partial charge in [-0.3, -0.25) is 14.4 Å². The third kappa shape index (κ3) is 7.28. The van der Waals surface area contributed by atoms with Crippen molar-refractivity contribution in [2.45, 2.75) is 59.8 Å². The summed E-state index contributed by atoms with van der Waals surface area (Å²) in [4.78, 5) is 36.4. The molecule has 0 saturated carbocycles. The summed E-state index contributed by atoms with van der Waals surface area (Å²) in [5, 5.41) is 0. The van der Waals surface area contributed by atoms with Gasteiger partial charge in [-0.25, -0.2) is 0 Å². The fourth-order valence-corrected chi connectivity index (χ4v) is 4.36. The SMILES string of the molecule is CCOC(=O)C(COC(C)=O)(COP(C(C)C)C(C)C)C(=O)OCC. The van der Waals surface area contributed by atoms with Gasteiger partial charge >= 0.3 is 17.9 Å². The maximum atomic E-state index is 12.6. The fraction of sp³-hybridized carbons (Fsp3) is 0.824. The van der Waals surface area contributed by atoms with Crippen molar-refractivity contribution in [1.29, 1.82) is 0 Å². The summed E-state index contributed by atoms with van der Waals surface area (Å²) >= 11 is 0. The molecule has 0 unspecified atom stereocenters. The first-order valence-corrected chi connectivity index (χ1v) is 9.91. The first-order valence-electron chi connectivity index (χ1n) is 8.51. The van der Waals surface area contributed by atoms with E-state index in [2.05, 4.69) is 0 Å². The van der Waals surface area contributed by atoms with Crippen LogP contribution in [0.25, 0.3) is 0 Å². The molecule has 0 radical (unpaired) electrons. The lowest BCUT2D eigenvalue weighted by Gasteiger charge is -2.32. The number of carbonyl (C=O) groups is 3.